The van der Waals surface area contributed by atoms with Crippen molar-refractivity contribution in [2.75, 3.05) is 26.2 Å². The fourth-order valence-corrected chi connectivity index (χ4v) is 2.57. The molecule has 0 amide bonds. The van der Waals surface area contributed by atoms with E-state index in [1.807, 2.05) is 30.3 Å². The van der Waals surface area contributed by atoms with E-state index < -0.39 is 0 Å². The first-order chi connectivity index (χ1) is 9.79. The van der Waals surface area contributed by atoms with Crippen molar-refractivity contribution in [1.29, 1.82) is 0 Å². The predicted molar refractivity (Wildman–Crippen MR) is 79.4 cm³/mol. The second-order valence-corrected chi connectivity index (χ2v) is 5.20. The lowest BCUT2D eigenvalue weighted by molar-refractivity contribution is -0.146. The molecule has 0 saturated carbocycles. The van der Waals surface area contributed by atoms with Crippen LogP contribution in [0.2, 0.25) is 0 Å². The molecule has 1 heterocycles. The maximum Gasteiger partial charge on any atom is 0.307 e. The van der Waals surface area contributed by atoms with Crippen LogP contribution in [0.25, 0.3) is 0 Å². The Bertz CT molecular complexity index is 402. The zero-order valence-corrected chi connectivity index (χ0v) is 12.2. The molecule has 1 aromatic carbocycles. The maximum absolute atomic E-state index is 12.0. The minimum atomic E-state index is -0.0979. The van der Waals surface area contributed by atoms with Gasteiger partial charge in [0.1, 0.15) is 6.61 Å². The van der Waals surface area contributed by atoms with Gasteiger partial charge in [-0.1, -0.05) is 37.3 Å². The molecule has 20 heavy (non-hydrogen) atoms. The van der Waals surface area contributed by atoms with Crippen LogP contribution in [0.15, 0.2) is 30.3 Å². The number of rotatable bonds is 6. The number of carbonyl (C=O) groups excluding carboxylic acids is 1. The molecule has 0 radical (unpaired) electrons. The van der Waals surface area contributed by atoms with Gasteiger partial charge < -0.3 is 10.1 Å². The van der Waals surface area contributed by atoms with Crippen LogP contribution in [0.1, 0.15) is 25.3 Å². The average molecular weight is 276 g/mol. The van der Waals surface area contributed by atoms with Gasteiger partial charge in [0.05, 0.1) is 6.42 Å². The SMILES string of the molecule is CCC(CC(=O)OCc1ccccc1)N1CCNCC1. The van der Waals surface area contributed by atoms with E-state index in [9.17, 15) is 4.79 Å². The lowest BCUT2D eigenvalue weighted by atomic mass is 10.1. The average Bonchev–Trinajstić information content (AvgIpc) is 2.52. The smallest absolute Gasteiger partial charge is 0.307 e. The van der Waals surface area contributed by atoms with Gasteiger partial charge in [-0.3, -0.25) is 9.69 Å². The van der Waals surface area contributed by atoms with Gasteiger partial charge in [-0.2, -0.15) is 0 Å². The highest BCUT2D eigenvalue weighted by Crippen LogP contribution is 2.11. The number of piperazine rings is 1. The molecule has 1 aromatic rings. The number of nitrogens with zero attached hydrogens (tertiary/aromatic N) is 1. The second-order valence-electron chi connectivity index (χ2n) is 5.20. The van der Waals surface area contributed by atoms with E-state index in [1.165, 1.54) is 0 Å². The largest absolute Gasteiger partial charge is 0.461 e. The van der Waals surface area contributed by atoms with Crippen LogP contribution in [0.5, 0.6) is 0 Å². The van der Waals surface area contributed by atoms with Crippen LogP contribution in [0.3, 0.4) is 0 Å². The quantitative estimate of drug-likeness (QED) is 0.805. The van der Waals surface area contributed by atoms with Crippen LogP contribution >= 0.6 is 0 Å². The zero-order valence-electron chi connectivity index (χ0n) is 12.2. The molecule has 1 saturated heterocycles. The third-order valence-electron chi connectivity index (χ3n) is 3.78. The molecule has 1 unspecified atom stereocenters. The summed E-state index contributed by atoms with van der Waals surface area (Å²) in [7, 11) is 0. The van der Waals surface area contributed by atoms with Gasteiger partial charge in [0.2, 0.25) is 0 Å². The molecule has 0 spiro atoms. The van der Waals surface area contributed by atoms with Crippen LogP contribution in [0.4, 0.5) is 0 Å². The topological polar surface area (TPSA) is 41.6 Å². The first-order valence-electron chi connectivity index (χ1n) is 7.44. The van der Waals surface area contributed by atoms with Crippen LogP contribution in [-0.4, -0.2) is 43.1 Å². The third-order valence-corrected chi connectivity index (χ3v) is 3.78. The summed E-state index contributed by atoms with van der Waals surface area (Å²) in [5.41, 5.74) is 1.04. The van der Waals surface area contributed by atoms with Crippen molar-refractivity contribution < 1.29 is 9.53 Å². The number of nitrogens with one attached hydrogen (secondary N) is 1. The highest BCUT2D eigenvalue weighted by Gasteiger charge is 2.22. The van der Waals surface area contributed by atoms with Crippen molar-refractivity contribution in [2.45, 2.75) is 32.4 Å². The van der Waals surface area contributed by atoms with Gasteiger partial charge in [0, 0.05) is 32.2 Å². The van der Waals surface area contributed by atoms with Crippen LogP contribution in [0, 0.1) is 0 Å². The molecule has 4 nitrogen and oxygen atoms in total. The van der Waals surface area contributed by atoms with Crippen molar-refractivity contribution in [3.63, 3.8) is 0 Å². The summed E-state index contributed by atoms with van der Waals surface area (Å²) >= 11 is 0. The number of benzene rings is 1. The number of esters is 1. The summed E-state index contributed by atoms with van der Waals surface area (Å²) in [5.74, 6) is -0.0979. The molecule has 1 aliphatic rings. The minimum absolute atomic E-state index is 0.0979. The summed E-state index contributed by atoms with van der Waals surface area (Å²) in [4.78, 5) is 14.4. The first kappa shape index (κ1) is 15.0. The summed E-state index contributed by atoms with van der Waals surface area (Å²) in [6, 6.07) is 10.1. The van der Waals surface area contributed by atoms with Crippen molar-refractivity contribution in [3.05, 3.63) is 35.9 Å². The van der Waals surface area contributed by atoms with Crippen LogP contribution < -0.4 is 5.32 Å². The molecular formula is C16H24N2O2. The minimum Gasteiger partial charge on any atom is -0.461 e. The number of hydrogen-bond donors (Lipinski definition) is 1. The molecule has 1 fully saturated rings. The van der Waals surface area contributed by atoms with E-state index in [2.05, 4.69) is 17.1 Å². The van der Waals surface area contributed by atoms with Crippen molar-refractivity contribution >= 4 is 5.97 Å². The molecule has 1 N–H and O–H groups in total. The van der Waals surface area contributed by atoms with E-state index in [4.69, 9.17) is 4.74 Å². The predicted octanol–water partition coefficient (Wildman–Crippen LogP) is 1.80. The molecule has 1 aliphatic heterocycles. The Kier molecular flexibility index (Phi) is 6.02. The fraction of sp³-hybridized carbons (Fsp3) is 0.562. The normalized spacial score (nSPS) is 17.6. The molecule has 1 atom stereocenters. The Hall–Kier alpha value is -1.39. The summed E-state index contributed by atoms with van der Waals surface area (Å²) < 4.78 is 5.37. The summed E-state index contributed by atoms with van der Waals surface area (Å²) in [5, 5.41) is 3.34. The standard InChI is InChI=1S/C16H24N2O2/c1-2-15(18-10-8-17-9-11-18)12-16(19)20-13-14-6-4-3-5-7-14/h3-7,15,17H,2,8-13H2,1H3. The molecular weight excluding hydrogens is 252 g/mol. The molecule has 0 aliphatic carbocycles. The van der Waals surface area contributed by atoms with E-state index in [-0.39, 0.29) is 5.97 Å². The molecule has 0 bridgehead atoms. The van der Waals surface area contributed by atoms with Crippen LogP contribution in [-0.2, 0) is 16.1 Å². The second kappa shape index (κ2) is 8.02. The Morgan fingerprint density at radius 1 is 1.30 bits per heavy atom. The fourth-order valence-electron chi connectivity index (χ4n) is 2.57. The molecule has 110 valence electrons. The highest BCUT2D eigenvalue weighted by molar-refractivity contribution is 5.70. The highest BCUT2D eigenvalue weighted by atomic mass is 16.5. The van der Waals surface area contributed by atoms with E-state index >= 15 is 0 Å². The first-order valence-corrected chi connectivity index (χ1v) is 7.44. The summed E-state index contributed by atoms with van der Waals surface area (Å²) in [6.07, 6.45) is 1.48. The maximum atomic E-state index is 12.0. The van der Waals surface area contributed by atoms with Crippen molar-refractivity contribution in [1.82, 2.24) is 10.2 Å². The Labute approximate surface area is 121 Å². The molecule has 0 aromatic heterocycles. The van der Waals surface area contributed by atoms with E-state index in [0.29, 0.717) is 19.1 Å². The van der Waals surface area contributed by atoms with Gasteiger partial charge in [0.15, 0.2) is 0 Å². The van der Waals surface area contributed by atoms with Crippen molar-refractivity contribution in [3.8, 4) is 0 Å². The van der Waals surface area contributed by atoms with Gasteiger partial charge in [0.25, 0.3) is 0 Å². The monoisotopic (exact) mass is 276 g/mol. The lowest BCUT2D eigenvalue weighted by Crippen LogP contribution is -2.48. The van der Waals surface area contributed by atoms with E-state index in [0.717, 1.165) is 38.2 Å². The Morgan fingerprint density at radius 2 is 2.00 bits per heavy atom. The van der Waals surface area contributed by atoms with Crippen molar-refractivity contribution in [2.24, 2.45) is 0 Å². The summed E-state index contributed by atoms with van der Waals surface area (Å²) in [6.45, 7) is 6.56. The zero-order chi connectivity index (χ0) is 14.2. The van der Waals surface area contributed by atoms with E-state index in [1.54, 1.807) is 0 Å². The Morgan fingerprint density at radius 3 is 2.65 bits per heavy atom. The van der Waals surface area contributed by atoms with Gasteiger partial charge >= 0.3 is 5.97 Å². The van der Waals surface area contributed by atoms with Gasteiger partial charge in [-0.25, -0.2) is 0 Å². The molecule has 4 heteroatoms. The number of carbonyl (C=O) groups is 1. The third kappa shape index (κ3) is 4.62. The molecule has 2 rings (SSSR count). The Balaban J connectivity index is 1.77. The van der Waals surface area contributed by atoms with Gasteiger partial charge in [-0.15, -0.1) is 0 Å². The number of hydrogen-bond acceptors (Lipinski definition) is 4. The number of ether oxygens (including phenoxy) is 1. The lowest BCUT2D eigenvalue weighted by Gasteiger charge is -2.33. The van der Waals surface area contributed by atoms with Gasteiger partial charge in [-0.05, 0) is 12.0 Å².